The van der Waals surface area contributed by atoms with Gasteiger partial charge in [-0.2, -0.15) is 5.10 Å². The minimum atomic E-state index is -0.516. The summed E-state index contributed by atoms with van der Waals surface area (Å²) in [6.07, 6.45) is 4.44. The van der Waals surface area contributed by atoms with Crippen molar-refractivity contribution in [1.82, 2.24) is 25.3 Å². The van der Waals surface area contributed by atoms with Gasteiger partial charge in [-0.1, -0.05) is 0 Å². The van der Waals surface area contributed by atoms with Crippen LogP contribution in [0.4, 0.5) is 11.5 Å². The van der Waals surface area contributed by atoms with Gasteiger partial charge in [0.2, 0.25) is 0 Å². The predicted octanol–water partition coefficient (Wildman–Crippen LogP) is 3.69. The molecule has 174 valence electrons. The monoisotopic (exact) mass is 451 g/mol. The number of anilines is 1. The Morgan fingerprint density at radius 3 is 2.39 bits per heavy atom. The van der Waals surface area contributed by atoms with E-state index in [0.29, 0.717) is 23.0 Å². The van der Waals surface area contributed by atoms with Crippen LogP contribution in [0.25, 0.3) is 16.9 Å². The van der Waals surface area contributed by atoms with Crippen molar-refractivity contribution in [2.24, 2.45) is 0 Å². The van der Waals surface area contributed by atoms with E-state index < -0.39 is 4.92 Å². The lowest BCUT2D eigenvalue weighted by Crippen LogP contribution is -2.62. The smallest absolute Gasteiger partial charge is 0.307 e. The molecule has 33 heavy (non-hydrogen) atoms. The summed E-state index contributed by atoms with van der Waals surface area (Å²) in [6.45, 7) is 8.88. The summed E-state index contributed by atoms with van der Waals surface area (Å²) in [5.41, 5.74) is 1.49. The van der Waals surface area contributed by atoms with Crippen molar-refractivity contribution in [1.29, 1.82) is 0 Å². The molecule has 0 amide bonds. The Bertz CT molecular complexity index is 1160. The Kier molecular flexibility index (Phi) is 5.57. The first-order valence-electron chi connectivity index (χ1n) is 10.8. The first-order valence-corrected chi connectivity index (χ1v) is 10.8. The topological polar surface area (TPSA) is 122 Å². The van der Waals surface area contributed by atoms with Gasteiger partial charge in [-0.05, 0) is 64.8 Å². The van der Waals surface area contributed by atoms with E-state index >= 15 is 0 Å². The normalized spacial score (nSPS) is 17.6. The fourth-order valence-corrected chi connectivity index (χ4v) is 4.81. The number of hydrogen-bond acceptors (Lipinski definition) is 8. The fourth-order valence-electron chi connectivity index (χ4n) is 4.81. The lowest BCUT2D eigenvalue weighted by molar-refractivity contribution is -0.384. The van der Waals surface area contributed by atoms with E-state index in [1.165, 1.54) is 16.9 Å². The van der Waals surface area contributed by atoms with Crippen LogP contribution in [0.2, 0.25) is 0 Å². The molecule has 1 aliphatic heterocycles. The summed E-state index contributed by atoms with van der Waals surface area (Å²) in [7, 11) is 2.04. The molecule has 0 radical (unpaired) electrons. The van der Waals surface area contributed by atoms with Gasteiger partial charge in [0, 0.05) is 35.8 Å². The van der Waals surface area contributed by atoms with Crippen LogP contribution in [0, 0.1) is 10.1 Å². The number of aromatic nitrogens is 4. The molecule has 3 aromatic rings. The molecule has 1 fully saturated rings. The number of phenols is 1. The average Bonchev–Trinajstić information content (AvgIpc) is 3.22. The molecule has 10 nitrogen and oxygen atoms in total. The molecule has 0 saturated carbocycles. The number of rotatable bonds is 5. The molecule has 1 aliphatic rings. The van der Waals surface area contributed by atoms with Gasteiger partial charge in [0.1, 0.15) is 18.1 Å². The number of phenolic OH excluding ortho intramolecular Hbond substituents is 1. The Morgan fingerprint density at radius 2 is 1.85 bits per heavy atom. The maximum Gasteiger partial charge on any atom is 0.307 e. The molecule has 10 heteroatoms. The highest BCUT2D eigenvalue weighted by Gasteiger charge is 2.39. The van der Waals surface area contributed by atoms with E-state index in [0.717, 1.165) is 24.9 Å². The van der Waals surface area contributed by atoms with E-state index in [9.17, 15) is 15.2 Å². The number of benzene rings is 1. The number of nitrogens with zero attached hydrogens (tertiary/aromatic N) is 6. The van der Waals surface area contributed by atoms with Gasteiger partial charge in [0.25, 0.3) is 0 Å². The van der Waals surface area contributed by atoms with Crippen LogP contribution in [0.1, 0.15) is 40.5 Å². The molecule has 1 saturated heterocycles. The lowest BCUT2D eigenvalue weighted by Gasteiger charge is -2.49. The molecule has 0 aliphatic carbocycles. The molecular formula is C23H29N7O3. The molecule has 0 unspecified atom stereocenters. The molecule has 4 rings (SSSR count). The van der Waals surface area contributed by atoms with Crippen molar-refractivity contribution in [3.8, 4) is 22.7 Å². The van der Waals surface area contributed by atoms with Gasteiger partial charge in [0.05, 0.1) is 16.3 Å². The predicted molar refractivity (Wildman–Crippen MR) is 126 cm³/mol. The average molecular weight is 452 g/mol. The van der Waals surface area contributed by atoms with Crippen molar-refractivity contribution in [3.63, 3.8) is 0 Å². The fraction of sp³-hybridized carbons (Fsp3) is 0.435. The van der Waals surface area contributed by atoms with Gasteiger partial charge >= 0.3 is 5.69 Å². The van der Waals surface area contributed by atoms with Crippen molar-refractivity contribution >= 4 is 11.5 Å². The van der Waals surface area contributed by atoms with Crippen LogP contribution in [-0.2, 0) is 0 Å². The SMILES string of the molecule is CN(c1ccc(-c2ccc(-n3cc([N+](=O)[O-])cn3)cc2O)nn1)C1CC(C)(C)NC(C)(C)C1. The zero-order chi connectivity index (χ0) is 24.0. The van der Waals surface area contributed by atoms with Crippen LogP contribution in [-0.4, -0.2) is 54.2 Å². The highest BCUT2D eigenvalue weighted by Crippen LogP contribution is 2.34. The molecule has 2 N–H and O–H groups in total. The number of hydrogen-bond donors (Lipinski definition) is 2. The Labute approximate surface area is 192 Å². The molecule has 3 heterocycles. The summed E-state index contributed by atoms with van der Waals surface area (Å²) in [6, 6.07) is 8.98. The van der Waals surface area contributed by atoms with Crippen LogP contribution in [0.3, 0.4) is 0 Å². The third-order valence-electron chi connectivity index (χ3n) is 6.03. The Hall–Kier alpha value is -3.53. The van der Waals surface area contributed by atoms with Crippen LogP contribution in [0.5, 0.6) is 5.75 Å². The first-order chi connectivity index (χ1) is 15.4. The standard InChI is InChI=1S/C23H29N7O3/c1-22(2)11-16(12-23(3,4)27-22)28(5)21-9-8-19(25-26-21)18-7-6-15(10-20(18)31)29-14-17(13-24-29)30(32)33/h6-10,13-14,16,27,31H,11-12H2,1-5H3. The number of aromatic hydroxyl groups is 1. The molecular weight excluding hydrogens is 422 g/mol. The van der Waals surface area contributed by atoms with Gasteiger partial charge in [0.15, 0.2) is 5.82 Å². The number of piperidine rings is 1. The first kappa shape index (κ1) is 22.7. The van der Waals surface area contributed by atoms with Crippen LogP contribution in [0.15, 0.2) is 42.7 Å². The van der Waals surface area contributed by atoms with Crippen molar-refractivity contribution in [2.45, 2.75) is 57.7 Å². The quantitative estimate of drug-likeness (QED) is 0.445. The maximum absolute atomic E-state index is 10.9. The highest BCUT2D eigenvalue weighted by atomic mass is 16.6. The second-order valence-electron chi connectivity index (χ2n) is 9.94. The van der Waals surface area contributed by atoms with Crippen molar-refractivity contribution in [2.75, 3.05) is 11.9 Å². The lowest BCUT2D eigenvalue weighted by atomic mass is 9.79. The van der Waals surface area contributed by atoms with E-state index in [4.69, 9.17) is 0 Å². The van der Waals surface area contributed by atoms with Gasteiger partial charge in [-0.3, -0.25) is 10.1 Å². The molecule has 0 atom stereocenters. The summed E-state index contributed by atoms with van der Waals surface area (Å²) >= 11 is 0. The zero-order valence-electron chi connectivity index (χ0n) is 19.5. The van der Waals surface area contributed by atoms with Gasteiger partial charge in [-0.25, -0.2) is 4.68 Å². The largest absolute Gasteiger partial charge is 0.507 e. The summed E-state index contributed by atoms with van der Waals surface area (Å²) in [4.78, 5) is 12.5. The van der Waals surface area contributed by atoms with E-state index in [2.05, 4.69) is 53.2 Å². The second kappa shape index (κ2) is 8.11. The van der Waals surface area contributed by atoms with Crippen LogP contribution < -0.4 is 10.2 Å². The second-order valence-corrected chi connectivity index (χ2v) is 9.94. The Morgan fingerprint density at radius 1 is 1.15 bits per heavy atom. The minimum absolute atomic E-state index is 0.0112. The Balaban J connectivity index is 1.53. The summed E-state index contributed by atoms with van der Waals surface area (Å²) in [5, 5.41) is 37.9. The molecule has 2 aromatic heterocycles. The van der Waals surface area contributed by atoms with Crippen LogP contribution >= 0.6 is 0 Å². The van der Waals surface area contributed by atoms with E-state index in [1.807, 2.05) is 19.2 Å². The number of nitro groups is 1. The third-order valence-corrected chi connectivity index (χ3v) is 6.03. The zero-order valence-corrected chi connectivity index (χ0v) is 19.5. The number of nitrogens with one attached hydrogen (secondary N) is 1. The van der Waals surface area contributed by atoms with E-state index in [1.54, 1.807) is 12.1 Å². The van der Waals surface area contributed by atoms with Gasteiger partial charge in [-0.15, -0.1) is 10.2 Å². The summed E-state index contributed by atoms with van der Waals surface area (Å²) < 4.78 is 1.34. The van der Waals surface area contributed by atoms with E-state index in [-0.39, 0.29) is 22.5 Å². The van der Waals surface area contributed by atoms with Gasteiger partial charge < -0.3 is 15.3 Å². The maximum atomic E-state index is 10.9. The third kappa shape index (κ3) is 4.80. The highest BCUT2D eigenvalue weighted by molar-refractivity contribution is 5.69. The van der Waals surface area contributed by atoms with Crippen molar-refractivity contribution in [3.05, 3.63) is 52.8 Å². The minimum Gasteiger partial charge on any atom is -0.507 e. The molecule has 0 bridgehead atoms. The summed E-state index contributed by atoms with van der Waals surface area (Å²) in [5.74, 6) is 0.764. The molecule has 1 aromatic carbocycles. The molecule has 0 spiro atoms. The van der Waals surface area contributed by atoms with Crippen molar-refractivity contribution < 1.29 is 10.0 Å².